The van der Waals surface area contributed by atoms with Crippen LogP contribution in [0, 0.1) is 0 Å². The number of carbonyl (C=O) groups excluding carboxylic acids is 1. The molecule has 0 saturated heterocycles. The van der Waals surface area contributed by atoms with Gasteiger partial charge in [-0.05, 0) is 26.0 Å². The van der Waals surface area contributed by atoms with E-state index in [4.69, 9.17) is 4.42 Å². The molecule has 2 N–H and O–H groups in total. The van der Waals surface area contributed by atoms with Gasteiger partial charge in [-0.3, -0.25) is 10.1 Å². The van der Waals surface area contributed by atoms with E-state index in [2.05, 4.69) is 17.2 Å². The summed E-state index contributed by atoms with van der Waals surface area (Å²) >= 11 is 0. The molecule has 16 heavy (non-hydrogen) atoms. The van der Waals surface area contributed by atoms with E-state index in [1.165, 1.54) is 0 Å². The van der Waals surface area contributed by atoms with Crippen molar-refractivity contribution < 1.29 is 9.21 Å². The van der Waals surface area contributed by atoms with Crippen LogP contribution in [0.5, 0.6) is 0 Å². The van der Waals surface area contributed by atoms with E-state index < -0.39 is 0 Å². The molecule has 2 unspecified atom stereocenters. The lowest BCUT2D eigenvalue weighted by Gasteiger charge is -2.17. The molecule has 0 radical (unpaired) electrons. The summed E-state index contributed by atoms with van der Waals surface area (Å²) in [5.41, 5.74) is 0. The highest BCUT2D eigenvalue weighted by Gasteiger charge is 2.16. The zero-order valence-corrected chi connectivity index (χ0v) is 9.69. The minimum atomic E-state index is -0.264. The lowest BCUT2D eigenvalue weighted by Crippen LogP contribution is -2.43. The number of furan rings is 1. The van der Waals surface area contributed by atoms with Gasteiger partial charge in [0.2, 0.25) is 5.91 Å². The van der Waals surface area contributed by atoms with E-state index in [1.807, 2.05) is 26.0 Å². The van der Waals surface area contributed by atoms with E-state index in [0.29, 0.717) is 6.54 Å². The topological polar surface area (TPSA) is 54.3 Å². The molecule has 0 aliphatic rings. The lowest BCUT2D eigenvalue weighted by molar-refractivity contribution is -0.122. The van der Waals surface area contributed by atoms with E-state index in [0.717, 1.165) is 5.76 Å². The third-order valence-corrected chi connectivity index (χ3v) is 2.28. The summed E-state index contributed by atoms with van der Waals surface area (Å²) in [5.74, 6) is 0.779. The predicted octanol–water partition coefficient (Wildman–Crippen LogP) is 1.62. The molecule has 1 aromatic heterocycles. The van der Waals surface area contributed by atoms with Crippen molar-refractivity contribution in [2.24, 2.45) is 0 Å². The first-order valence-corrected chi connectivity index (χ1v) is 5.33. The van der Waals surface area contributed by atoms with Gasteiger partial charge in [-0.15, -0.1) is 6.58 Å². The van der Waals surface area contributed by atoms with E-state index in [1.54, 1.807) is 12.3 Å². The predicted molar refractivity (Wildman–Crippen MR) is 62.9 cm³/mol. The summed E-state index contributed by atoms with van der Waals surface area (Å²) in [6.45, 7) is 7.80. The second kappa shape index (κ2) is 6.12. The highest BCUT2D eigenvalue weighted by molar-refractivity contribution is 5.81. The molecule has 0 spiro atoms. The molecule has 0 saturated carbocycles. The number of rotatable bonds is 6. The van der Waals surface area contributed by atoms with Crippen LogP contribution in [0.25, 0.3) is 0 Å². The van der Waals surface area contributed by atoms with Crippen molar-refractivity contribution in [3.63, 3.8) is 0 Å². The number of carbonyl (C=O) groups is 1. The molecular weight excluding hydrogens is 204 g/mol. The quantitative estimate of drug-likeness (QED) is 0.719. The van der Waals surface area contributed by atoms with Gasteiger partial charge in [0.1, 0.15) is 5.76 Å². The minimum absolute atomic E-state index is 0.0134. The minimum Gasteiger partial charge on any atom is -0.468 e. The Labute approximate surface area is 95.7 Å². The lowest BCUT2D eigenvalue weighted by atomic mass is 10.2. The smallest absolute Gasteiger partial charge is 0.237 e. The molecule has 4 nitrogen and oxygen atoms in total. The van der Waals surface area contributed by atoms with Crippen LogP contribution in [-0.4, -0.2) is 18.5 Å². The Kier molecular flexibility index (Phi) is 4.79. The first-order valence-electron chi connectivity index (χ1n) is 5.33. The molecule has 1 aromatic rings. The maximum atomic E-state index is 11.6. The van der Waals surface area contributed by atoms with Gasteiger partial charge >= 0.3 is 0 Å². The standard InChI is InChI=1S/C12H18N2O2/c1-4-7-13-12(15)10(3)14-9(2)11-6-5-8-16-11/h4-6,8-10,14H,1,7H2,2-3H3,(H,13,15). The molecule has 1 amide bonds. The number of hydrogen-bond acceptors (Lipinski definition) is 3. The Morgan fingerprint density at radius 1 is 1.62 bits per heavy atom. The summed E-state index contributed by atoms with van der Waals surface area (Å²) in [6, 6.07) is 3.46. The van der Waals surface area contributed by atoms with Crippen LogP contribution in [0.15, 0.2) is 35.5 Å². The van der Waals surface area contributed by atoms with E-state index in [-0.39, 0.29) is 18.0 Å². The summed E-state index contributed by atoms with van der Waals surface area (Å²) in [5, 5.41) is 5.88. The highest BCUT2D eigenvalue weighted by Crippen LogP contribution is 2.12. The summed E-state index contributed by atoms with van der Waals surface area (Å²) in [6.07, 6.45) is 3.27. The number of nitrogens with one attached hydrogen (secondary N) is 2. The Balaban J connectivity index is 2.41. The van der Waals surface area contributed by atoms with Crippen LogP contribution in [0.2, 0.25) is 0 Å². The Hall–Kier alpha value is -1.55. The van der Waals surface area contributed by atoms with Crippen LogP contribution < -0.4 is 10.6 Å². The Morgan fingerprint density at radius 3 is 2.94 bits per heavy atom. The van der Waals surface area contributed by atoms with Crippen molar-refractivity contribution in [3.05, 3.63) is 36.8 Å². The number of hydrogen-bond donors (Lipinski definition) is 2. The van der Waals surface area contributed by atoms with Crippen molar-refractivity contribution in [3.8, 4) is 0 Å². The van der Waals surface area contributed by atoms with Gasteiger partial charge in [0, 0.05) is 6.54 Å². The molecule has 0 bridgehead atoms. The summed E-state index contributed by atoms with van der Waals surface area (Å²) in [4.78, 5) is 11.6. The Bertz CT molecular complexity index is 333. The molecule has 1 heterocycles. The fraction of sp³-hybridized carbons (Fsp3) is 0.417. The fourth-order valence-corrected chi connectivity index (χ4v) is 1.40. The van der Waals surface area contributed by atoms with Crippen molar-refractivity contribution >= 4 is 5.91 Å². The molecule has 0 aromatic carbocycles. The fourth-order valence-electron chi connectivity index (χ4n) is 1.40. The van der Waals surface area contributed by atoms with Crippen LogP contribution in [0.3, 0.4) is 0 Å². The van der Waals surface area contributed by atoms with Crippen molar-refractivity contribution in [2.45, 2.75) is 25.9 Å². The summed E-state index contributed by atoms with van der Waals surface area (Å²) in [7, 11) is 0. The van der Waals surface area contributed by atoms with Crippen LogP contribution in [0.4, 0.5) is 0 Å². The molecule has 1 rings (SSSR count). The SMILES string of the molecule is C=CCNC(=O)C(C)NC(C)c1ccco1. The Morgan fingerprint density at radius 2 is 2.38 bits per heavy atom. The molecule has 0 fully saturated rings. The molecule has 0 aliphatic heterocycles. The molecule has 2 atom stereocenters. The van der Waals surface area contributed by atoms with Gasteiger partial charge in [-0.2, -0.15) is 0 Å². The second-order valence-corrected chi connectivity index (χ2v) is 3.66. The zero-order valence-electron chi connectivity index (χ0n) is 9.69. The normalized spacial score (nSPS) is 14.1. The van der Waals surface area contributed by atoms with E-state index in [9.17, 15) is 4.79 Å². The summed E-state index contributed by atoms with van der Waals surface area (Å²) < 4.78 is 5.25. The second-order valence-electron chi connectivity index (χ2n) is 3.66. The maximum Gasteiger partial charge on any atom is 0.237 e. The van der Waals surface area contributed by atoms with Crippen molar-refractivity contribution in [1.82, 2.24) is 10.6 Å². The number of amides is 1. The van der Waals surface area contributed by atoms with Crippen LogP contribution in [-0.2, 0) is 4.79 Å². The first-order chi connectivity index (χ1) is 7.65. The van der Waals surface area contributed by atoms with Crippen molar-refractivity contribution in [1.29, 1.82) is 0 Å². The van der Waals surface area contributed by atoms with Crippen molar-refractivity contribution in [2.75, 3.05) is 6.54 Å². The third-order valence-electron chi connectivity index (χ3n) is 2.28. The largest absolute Gasteiger partial charge is 0.468 e. The average Bonchev–Trinajstić information content (AvgIpc) is 2.79. The van der Waals surface area contributed by atoms with Gasteiger partial charge in [0.25, 0.3) is 0 Å². The van der Waals surface area contributed by atoms with Gasteiger partial charge in [-0.25, -0.2) is 0 Å². The first kappa shape index (κ1) is 12.5. The molecule has 4 heteroatoms. The van der Waals surface area contributed by atoms with Crippen LogP contribution in [0.1, 0.15) is 25.6 Å². The molecule has 0 aliphatic carbocycles. The monoisotopic (exact) mass is 222 g/mol. The van der Waals surface area contributed by atoms with Gasteiger partial charge < -0.3 is 9.73 Å². The van der Waals surface area contributed by atoms with Crippen LogP contribution >= 0.6 is 0 Å². The molecular formula is C12H18N2O2. The van der Waals surface area contributed by atoms with E-state index >= 15 is 0 Å². The average molecular weight is 222 g/mol. The molecule has 88 valence electrons. The maximum absolute atomic E-state index is 11.6. The van der Waals surface area contributed by atoms with Gasteiger partial charge in [0.15, 0.2) is 0 Å². The zero-order chi connectivity index (χ0) is 12.0. The van der Waals surface area contributed by atoms with Gasteiger partial charge in [-0.1, -0.05) is 6.08 Å². The highest BCUT2D eigenvalue weighted by atomic mass is 16.3. The van der Waals surface area contributed by atoms with Gasteiger partial charge in [0.05, 0.1) is 18.3 Å². The third kappa shape index (κ3) is 3.55.